The lowest BCUT2D eigenvalue weighted by atomic mass is 10.1. The Bertz CT molecular complexity index is 1230. The van der Waals surface area contributed by atoms with Crippen molar-refractivity contribution in [2.24, 2.45) is 0 Å². The van der Waals surface area contributed by atoms with Crippen LogP contribution in [0, 0.1) is 18.3 Å². The summed E-state index contributed by atoms with van der Waals surface area (Å²) in [6, 6.07) is 8.25. The first-order chi connectivity index (χ1) is 13.6. The average Bonchev–Trinajstić information content (AvgIpc) is 3.39. The first kappa shape index (κ1) is 17.2. The maximum atomic E-state index is 9.37. The van der Waals surface area contributed by atoms with Gasteiger partial charge in [0.25, 0.3) is 0 Å². The van der Waals surface area contributed by atoms with Gasteiger partial charge in [-0.3, -0.25) is 4.98 Å². The number of pyridine rings is 1. The van der Waals surface area contributed by atoms with Gasteiger partial charge in [-0.1, -0.05) is 0 Å². The molecule has 28 heavy (non-hydrogen) atoms. The number of imidazole rings is 1. The second kappa shape index (κ2) is 6.62. The van der Waals surface area contributed by atoms with Gasteiger partial charge in [0.1, 0.15) is 21.4 Å². The summed E-state index contributed by atoms with van der Waals surface area (Å²) in [7, 11) is 2.15. The first-order valence-electron chi connectivity index (χ1n) is 9.29. The number of hydrogen-bond acceptors (Lipinski definition) is 7. The zero-order valence-electron chi connectivity index (χ0n) is 15.8. The molecule has 0 amide bonds. The molecule has 1 aliphatic rings. The van der Waals surface area contributed by atoms with Crippen LogP contribution in [0.15, 0.2) is 24.4 Å². The number of rotatable bonds is 3. The predicted octanol–water partition coefficient (Wildman–Crippen LogP) is 3.08. The molecular formula is C20H19N7S. The highest BCUT2D eigenvalue weighted by Gasteiger charge is 2.27. The van der Waals surface area contributed by atoms with Gasteiger partial charge in [0.2, 0.25) is 0 Å². The van der Waals surface area contributed by atoms with Gasteiger partial charge in [0, 0.05) is 18.0 Å². The SMILES string of the molecule is Cc1nnc(Cc2nc3cnc4ccc(C#N)cc4c3n2[C@@H]2CCN(C)C2)s1. The van der Waals surface area contributed by atoms with Gasteiger partial charge < -0.3 is 9.47 Å². The average molecular weight is 389 g/mol. The Balaban J connectivity index is 1.76. The molecule has 0 N–H and O–H groups in total. The summed E-state index contributed by atoms with van der Waals surface area (Å²) in [5.41, 5.74) is 3.46. The van der Waals surface area contributed by atoms with Crippen LogP contribution in [0.25, 0.3) is 21.9 Å². The minimum absolute atomic E-state index is 0.343. The normalized spacial score (nSPS) is 17.5. The van der Waals surface area contributed by atoms with E-state index in [0.29, 0.717) is 18.0 Å². The molecule has 0 saturated carbocycles. The summed E-state index contributed by atoms with van der Waals surface area (Å²) >= 11 is 1.61. The second-order valence-electron chi connectivity index (χ2n) is 7.33. The smallest absolute Gasteiger partial charge is 0.124 e. The van der Waals surface area contributed by atoms with Crippen molar-refractivity contribution < 1.29 is 0 Å². The fourth-order valence-corrected chi connectivity index (χ4v) is 4.78. The van der Waals surface area contributed by atoms with Gasteiger partial charge >= 0.3 is 0 Å². The van der Waals surface area contributed by atoms with Crippen molar-refractivity contribution in [3.8, 4) is 6.07 Å². The van der Waals surface area contributed by atoms with Crippen molar-refractivity contribution in [3.05, 3.63) is 45.8 Å². The molecule has 140 valence electrons. The number of likely N-dealkylation sites (tertiary alicyclic amines) is 1. The third kappa shape index (κ3) is 2.84. The van der Waals surface area contributed by atoms with E-state index >= 15 is 0 Å². The highest BCUT2D eigenvalue weighted by molar-refractivity contribution is 7.11. The van der Waals surface area contributed by atoms with E-state index in [1.807, 2.05) is 31.3 Å². The Morgan fingerprint density at radius 2 is 2.18 bits per heavy atom. The lowest BCUT2D eigenvalue weighted by Crippen LogP contribution is -2.18. The van der Waals surface area contributed by atoms with E-state index < -0.39 is 0 Å². The van der Waals surface area contributed by atoms with Crippen molar-refractivity contribution in [1.29, 1.82) is 5.26 Å². The Labute approximate surface area is 166 Å². The second-order valence-corrected chi connectivity index (χ2v) is 8.60. The van der Waals surface area contributed by atoms with Crippen LogP contribution in [0.4, 0.5) is 0 Å². The number of benzene rings is 1. The van der Waals surface area contributed by atoms with E-state index in [1.54, 1.807) is 11.3 Å². The molecule has 1 atom stereocenters. The molecule has 8 heteroatoms. The molecule has 1 fully saturated rings. The van der Waals surface area contributed by atoms with Crippen LogP contribution in [0.1, 0.15) is 33.9 Å². The maximum absolute atomic E-state index is 9.37. The third-order valence-electron chi connectivity index (χ3n) is 5.33. The number of likely N-dealkylation sites (N-methyl/N-ethyl adjacent to an activating group) is 1. The molecule has 1 aromatic carbocycles. The molecule has 3 aromatic heterocycles. The highest BCUT2D eigenvalue weighted by atomic mass is 32.1. The van der Waals surface area contributed by atoms with Crippen molar-refractivity contribution in [2.75, 3.05) is 20.1 Å². The van der Waals surface area contributed by atoms with Crippen molar-refractivity contribution in [2.45, 2.75) is 25.8 Å². The lowest BCUT2D eigenvalue weighted by Gasteiger charge is -2.17. The van der Waals surface area contributed by atoms with Crippen molar-refractivity contribution >= 4 is 33.3 Å². The molecule has 1 aliphatic heterocycles. The number of aromatic nitrogens is 5. The summed E-state index contributed by atoms with van der Waals surface area (Å²) in [6.45, 7) is 4.01. The topological polar surface area (TPSA) is 83.5 Å². The van der Waals surface area contributed by atoms with E-state index in [-0.39, 0.29) is 0 Å². The minimum atomic E-state index is 0.343. The molecule has 0 bridgehead atoms. The Morgan fingerprint density at radius 3 is 2.89 bits per heavy atom. The zero-order chi connectivity index (χ0) is 19.3. The monoisotopic (exact) mass is 389 g/mol. The van der Waals surface area contributed by atoms with Crippen LogP contribution in [0.3, 0.4) is 0 Å². The molecule has 4 aromatic rings. The fourth-order valence-electron chi connectivity index (χ4n) is 4.08. The lowest BCUT2D eigenvalue weighted by molar-refractivity contribution is 0.392. The van der Waals surface area contributed by atoms with Crippen LogP contribution in [0.5, 0.6) is 0 Å². The molecule has 1 saturated heterocycles. The Kier molecular flexibility index (Phi) is 4.07. The van der Waals surface area contributed by atoms with Crippen LogP contribution < -0.4 is 0 Å². The summed E-state index contributed by atoms with van der Waals surface area (Å²) in [5, 5.41) is 20.7. The minimum Gasteiger partial charge on any atom is -0.323 e. The molecule has 0 aliphatic carbocycles. The molecular weight excluding hydrogens is 370 g/mol. The standard InChI is InChI=1S/C20H19N7S/c1-12-24-25-19(28-12)8-18-23-17-10-22-16-4-3-13(9-21)7-15(16)20(17)27(18)14-5-6-26(2)11-14/h3-4,7,10,14H,5-6,8,11H2,1-2H3/t14-/m1/s1. The predicted molar refractivity (Wildman–Crippen MR) is 108 cm³/mol. The van der Waals surface area contributed by atoms with Crippen LogP contribution in [-0.4, -0.2) is 49.8 Å². The highest BCUT2D eigenvalue weighted by Crippen LogP contribution is 2.33. The number of nitriles is 1. The summed E-state index contributed by atoms with van der Waals surface area (Å²) in [5.74, 6) is 0.989. The van der Waals surface area contributed by atoms with Gasteiger partial charge in [0.15, 0.2) is 0 Å². The van der Waals surface area contributed by atoms with Gasteiger partial charge in [0.05, 0.1) is 35.3 Å². The third-order valence-corrected chi connectivity index (χ3v) is 6.17. The van der Waals surface area contributed by atoms with E-state index in [2.05, 4.69) is 37.8 Å². The Hall–Kier alpha value is -2.89. The maximum Gasteiger partial charge on any atom is 0.124 e. The molecule has 5 rings (SSSR count). The summed E-state index contributed by atoms with van der Waals surface area (Å²) in [6.07, 6.45) is 3.57. The van der Waals surface area contributed by atoms with Gasteiger partial charge in [-0.2, -0.15) is 5.26 Å². The largest absolute Gasteiger partial charge is 0.323 e. The van der Waals surface area contributed by atoms with Crippen LogP contribution in [-0.2, 0) is 6.42 Å². The number of aryl methyl sites for hydroxylation is 1. The van der Waals surface area contributed by atoms with E-state index in [9.17, 15) is 5.26 Å². The number of fused-ring (bicyclic) bond motifs is 3. The summed E-state index contributed by atoms with van der Waals surface area (Å²) < 4.78 is 2.36. The van der Waals surface area contributed by atoms with E-state index in [4.69, 9.17) is 4.98 Å². The van der Waals surface area contributed by atoms with Crippen LogP contribution in [0.2, 0.25) is 0 Å². The van der Waals surface area contributed by atoms with E-state index in [0.717, 1.165) is 57.3 Å². The van der Waals surface area contributed by atoms with Crippen LogP contribution >= 0.6 is 11.3 Å². The number of hydrogen-bond donors (Lipinski definition) is 0. The zero-order valence-corrected chi connectivity index (χ0v) is 16.6. The van der Waals surface area contributed by atoms with Gasteiger partial charge in [-0.25, -0.2) is 4.98 Å². The van der Waals surface area contributed by atoms with E-state index in [1.165, 1.54) is 0 Å². The van der Waals surface area contributed by atoms with Gasteiger partial charge in [-0.15, -0.1) is 21.5 Å². The molecule has 7 nitrogen and oxygen atoms in total. The van der Waals surface area contributed by atoms with Crippen molar-refractivity contribution in [3.63, 3.8) is 0 Å². The Morgan fingerprint density at radius 1 is 1.29 bits per heavy atom. The summed E-state index contributed by atoms with van der Waals surface area (Å²) in [4.78, 5) is 11.8. The molecule has 4 heterocycles. The molecule has 0 radical (unpaired) electrons. The molecule has 0 unspecified atom stereocenters. The quantitative estimate of drug-likeness (QED) is 0.535. The first-order valence-corrected chi connectivity index (χ1v) is 10.1. The fraction of sp³-hybridized carbons (Fsp3) is 0.350. The molecule has 0 spiro atoms. The number of nitrogens with zero attached hydrogens (tertiary/aromatic N) is 7. The van der Waals surface area contributed by atoms with Crippen molar-refractivity contribution in [1.82, 2.24) is 29.6 Å². The van der Waals surface area contributed by atoms with Gasteiger partial charge in [-0.05, 0) is 45.1 Å².